The maximum atomic E-state index is 12.5. The van der Waals surface area contributed by atoms with E-state index in [-0.39, 0.29) is 5.69 Å². The number of carbonyl (C=O) groups is 2. The zero-order chi connectivity index (χ0) is 18.1. The van der Waals surface area contributed by atoms with E-state index in [9.17, 15) is 22.8 Å². The number of halogens is 3. The van der Waals surface area contributed by atoms with Gasteiger partial charge in [0.05, 0.1) is 11.6 Å². The number of aromatic nitrogens is 2. The van der Waals surface area contributed by atoms with Gasteiger partial charge < -0.3 is 10.0 Å². The molecule has 0 fully saturated rings. The first-order valence-electron chi connectivity index (χ1n) is 6.97. The molecule has 0 aliphatic carbocycles. The number of nitrogens with zero attached hydrogens (tertiary/aromatic N) is 3. The summed E-state index contributed by atoms with van der Waals surface area (Å²) in [7, 11) is 1.35. The molecule has 0 aliphatic heterocycles. The fraction of sp³-hybridized carbons (Fsp3) is 0.643. The summed E-state index contributed by atoms with van der Waals surface area (Å²) in [5.41, 5.74) is 0.963. The van der Waals surface area contributed by atoms with Crippen LogP contribution < -0.4 is 0 Å². The Balaban J connectivity index is 3.11. The monoisotopic (exact) mass is 335 g/mol. The summed E-state index contributed by atoms with van der Waals surface area (Å²) in [5, 5.41) is 12.8. The lowest BCUT2D eigenvalue weighted by Gasteiger charge is -2.25. The van der Waals surface area contributed by atoms with E-state index in [4.69, 9.17) is 5.11 Å². The van der Waals surface area contributed by atoms with Gasteiger partial charge in [0.1, 0.15) is 12.6 Å². The van der Waals surface area contributed by atoms with E-state index in [2.05, 4.69) is 5.10 Å². The van der Waals surface area contributed by atoms with E-state index < -0.39 is 36.6 Å². The summed E-state index contributed by atoms with van der Waals surface area (Å²) in [6, 6.07) is -1.03. The molecule has 1 aromatic heterocycles. The van der Waals surface area contributed by atoms with Gasteiger partial charge in [-0.15, -0.1) is 0 Å². The van der Waals surface area contributed by atoms with Gasteiger partial charge in [-0.1, -0.05) is 0 Å². The van der Waals surface area contributed by atoms with Crippen LogP contribution in [0.1, 0.15) is 36.7 Å². The van der Waals surface area contributed by atoms with E-state index in [0.717, 1.165) is 9.58 Å². The van der Waals surface area contributed by atoms with Crippen LogP contribution in [0, 0.1) is 13.8 Å². The first kappa shape index (κ1) is 19.0. The van der Waals surface area contributed by atoms with Crippen molar-refractivity contribution in [1.29, 1.82) is 0 Å². The van der Waals surface area contributed by atoms with Crippen molar-refractivity contribution in [1.82, 2.24) is 14.7 Å². The summed E-state index contributed by atoms with van der Waals surface area (Å²) in [4.78, 5) is 24.4. The third kappa shape index (κ3) is 4.23. The van der Waals surface area contributed by atoms with E-state index >= 15 is 0 Å². The Morgan fingerprint density at radius 1 is 1.30 bits per heavy atom. The number of likely N-dealkylation sites (N-methyl/N-ethyl adjacent to an activating group) is 1. The van der Waals surface area contributed by atoms with Crippen molar-refractivity contribution >= 4 is 11.9 Å². The number of carboxylic acids is 1. The molecule has 0 aromatic carbocycles. The van der Waals surface area contributed by atoms with E-state index in [1.807, 2.05) is 0 Å². The number of aliphatic carboxylic acids is 1. The molecule has 0 bridgehead atoms. The Morgan fingerprint density at radius 3 is 2.26 bits per heavy atom. The van der Waals surface area contributed by atoms with Gasteiger partial charge in [0.2, 0.25) is 5.91 Å². The maximum absolute atomic E-state index is 12.5. The van der Waals surface area contributed by atoms with Crippen molar-refractivity contribution < 1.29 is 27.9 Å². The fourth-order valence-corrected chi connectivity index (χ4v) is 2.45. The lowest BCUT2D eigenvalue weighted by molar-refractivity contribution is -0.148. The van der Waals surface area contributed by atoms with Gasteiger partial charge in [0.15, 0.2) is 0 Å². The second-order valence-corrected chi connectivity index (χ2v) is 5.54. The van der Waals surface area contributed by atoms with Gasteiger partial charge in [-0.2, -0.15) is 18.3 Å². The summed E-state index contributed by atoms with van der Waals surface area (Å²) in [5.74, 6) is -2.43. The number of hydrogen-bond donors (Lipinski definition) is 1. The largest absolute Gasteiger partial charge is 0.480 e. The van der Waals surface area contributed by atoms with Crippen LogP contribution in [-0.2, 0) is 16.1 Å². The summed E-state index contributed by atoms with van der Waals surface area (Å²) < 4.78 is 38.4. The molecule has 1 heterocycles. The lowest BCUT2D eigenvalue weighted by atomic mass is 9.97. The minimum Gasteiger partial charge on any atom is -0.480 e. The highest BCUT2D eigenvalue weighted by molar-refractivity contribution is 5.87. The molecule has 1 N–H and O–H groups in total. The minimum absolute atomic E-state index is 0.247. The maximum Gasteiger partial charge on any atom is 0.408 e. The zero-order valence-corrected chi connectivity index (χ0v) is 13.6. The molecule has 23 heavy (non-hydrogen) atoms. The van der Waals surface area contributed by atoms with E-state index in [0.29, 0.717) is 11.3 Å². The zero-order valence-electron chi connectivity index (χ0n) is 13.6. The Kier molecular flexibility index (Phi) is 5.44. The molecule has 0 radical (unpaired) electrons. The number of aryl methyl sites for hydroxylation is 1. The highest BCUT2D eigenvalue weighted by Crippen LogP contribution is 2.27. The highest BCUT2D eigenvalue weighted by Gasteiger charge is 2.33. The molecule has 2 unspecified atom stereocenters. The third-order valence-electron chi connectivity index (χ3n) is 3.86. The number of carbonyl (C=O) groups excluding carboxylic acids is 1. The van der Waals surface area contributed by atoms with E-state index in [1.54, 1.807) is 0 Å². The van der Waals surface area contributed by atoms with Gasteiger partial charge in [0.25, 0.3) is 0 Å². The van der Waals surface area contributed by atoms with Crippen LogP contribution in [0.2, 0.25) is 0 Å². The Hall–Kier alpha value is -2.06. The fourth-order valence-electron chi connectivity index (χ4n) is 2.45. The van der Waals surface area contributed by atoms with Gasteiger partial charge in [-0.25, -0.2) is 4.79 Å². The lowest BCUT2D eigenvalue weighted by Crippen LogP contribution is -2.42. The second kappa shape index (κ2) is 6.59. The van der Waals surface area contributed by atoms with Crippen LogP contribution in [0.5, 0.6) is 0 Å². The normalized spacial score (nSPS) is 14.4. The quantitative estimate of drug-likeness (QED) is 0.894. The Labute approximate surface area is 131 Å². The molecule has 6 nitrogen and oxygen atoms in total. The van der Waals surface area contributed by atoms with Gasteiger partial charge in [-0.3, -0.25) is 9.48 Å². The molecule has 0 spiro atoms. The molecular formula is C14H20F3N3O3. The summed E-state index contributed by atoms with van der Waals surface area (Å²) in [6.45, 7) is 4.65. The first-order chi connectivity index (χ1) is 10.4. The van der Waals surface area contributed by atoms with Gasteiger partial charge in [0, 0.05) is 18.3 Å². The molecule has 2 atom stereocenters. The second-order valence-electron chi connectivity index (χ2n) is 5.54. The molecule has 9 heteroatoms. The number of amides is 1. The number of alkyl halides is 3. The molecule has 1 amide bonds. The van der Waals surface area contributed by atoms with Crippen molar-refractivity contribution in [2.75, 3.05) is 7.05 Å². The van der Waals surface area contributed by atoms with Crippen molar-refractivity contribution in [2.24, 2.45) is 0 Å². The van der Waals surface area contributed by atoms with Crippen LogP contribution in [0.3, 0.4) is 0 Å². The predicted octanol–water partition coefficient (Wildman–Crippen LogP) is 2.10. The van der Waals surface area contributed by atoms with Crippen molar-refractivity contribution in [2.45, 2.75) is 52.4 Å². The van der Waals surface area contributed by atoms with Crippen LogP contribution in [0.25, 0.3) is 0 Å². The topological polar surface area (TPSA) is 75.4 Å². The van der Waals surface area contributed by atoms with Gasteiger partial charge >= 0.3 is 12.1 Å². The molecule has 0 aliphatic rings. The molecular weight excluding hydrogens is 315 g/mol. The van der Waals surface area contributed by atoms with Crippen molar-refractivity contribution in [3.8, 4) is 0 Å². The number of hydrogen-bond acceptors (Lipinski definition) is 3. The van der Waals surface area contributed by atoms with Crippen molar-refractivity contribution in [3.05, 3.63) is 17.0 Å². The van der Waals surface area contributed by atoms with Crippen LogP contribution in [0.15, 0.2) is 0 Å². The highest BCUT2D eigenvalue weighted by atomic mass is 19.4. The average Bonchev–Trinajstić information content (AvgIpc) is 2.68. The van der Waals surface area contributed by atoms with Crippen LogP contribution >= 0.6 is 0 Å². The summed E-state index contributed by atoms with van der Waals surface area (Å²) >= 11 is 0. The third-order valence-corrected chi connectivity index (χ3v) is 3.86. The SMILES string of the molecule is Cc1nn(CC(F)(F)F)c(C)c1C(C)C(=O)N(C)C(C)C(=O)O. The predicted molar refractivity (Wildman–Crippen MR) is 76.0 cm³/mol. The summed E-state index contributed by atoms with van der Waals surface area (Å²) in [6.07, 6.45) is -4.41. The average molecular weight is 335 g/mol. The Morgan fingerprint density at radius 2 is 1.83 bits per heavy atom. The smallest absolute Gasteiger partial charge is 0.408 e. The van der Waals surface area contributed by atoms with Crippen LogP contribution in [0.4, 0.5) is 13.2 Å². The van der Waals surface area contributed by atoms with Gasteiger partial charge in [-0.05, 0) is 27.7 Å². The molecule has 0 saturated carbocycles. The standard InChI is InChI=1S/C14H20F3N3O3/c1-7(12(21)19(5)10(4)13(22)23)11-8(2)18-20(9(11)3)6-14(15,16)17/h7,10H,6H2,1-5H3,(H,22,23). The molecule has 130 valence electrons. The Bertz CT molecular complexity index is 610. The number of carboxylic acid groups (broad SMARTS) is 1. The van der Waals surface area contributed by atoms with Crippen LogP contribution in [-0.4, -0.2) is 50.9 Å². The van der Waals surface area contributed by atoms with Crippen molar-refractivity contribution in [3.63, 3.8) is 0 Å². The van der Waals surface area contributed by atoms with E-state index in [1.165, 1.54) is 34.7 Å². The molecule has 1 rings (SSSR count). The number of rotatable bonds is 5. The molecule has 1 aromatic rings. The molecule has 0 saturated heterocycles. The first-order valence-corrected chi connectivity index (χ1v) is 6.97. The minimum atomic E-state index is -4.41.